The molecule has 15 heavy (non-hydrogen) atoms. The molecule has 0 fully saturated rings. The molecule has 1 N–H and O–H groups in total. The first-order valence-corrected chi connectivity index (χ1v) is 5.11. The lowest BCUT2D eigenvalue weighted by Gasteiger charge is -2.18. The third kappa shape index (κ3) is 1.44. The predicted octanol–water partition coefficient (Wildman–Crippen LogP) is 3.06. The van der Waals surface area contributed by atoms with E-state index in [0.29, 0.717) is 0 Å². The maximum Gasteiger partial charge on any atom is 0.111 e. The van der Waals surface area contributed by atoms with Crippen molar-refractivity contribution < 1.29 is 0 Å². The number of nitrogens with one attached hydrogen (secondary N) is 1. The highest BCUT2D eigenvalue weighted by Crippen LogP contribution is 2.22. The molecule has 0 aliphatic carbocycles. The van der Waals surface area contributed by atoms with E-state index in [-0.39, 0.29) is 0 Å². The number of benzene rings is 1. The molecule has 2 aromatic rings. The van der Waals surface area contributed by atoms with Crippen molar-refractivity contribution in [1.29, 1.82) is 0 Å². The molecule has 2 heterocycles. The van der Waals surface area contributed by atoms with Crippen LogP contribution in [0.4, 0.5) is 5.82 Å². The van der Waals surface area contributed by atoms with Crippen molar-refractivity contribution in [2.75, 3.05) is 11.4 Å². The summed E-state index contributed by atoms with van der Waals surface area (Å²) >= 11 is 0. The van der Waals surface area contributed by atoms with Crippen molar-refractivity contribution in [1.82, 2.24) is 4.98 Å². The molecule has 1 aromatic heterocycles. The molecule has 3 rings (SSSR count). The van der Waals surface area contributed by atoms with Crippen molar-refractivity contribution >= 4 is 16.7 Å². The molecule has 0 spiro atoms. The first-order chi connectivity index (χ1) is 7.43. The Kier molecular flexibility index (Phi) is 1.85. The second-order valence-corrected chi connectivity index (χ2v) is 3.66. The summed E-state index contributed by atoms with van der Waals surface area (Å²) < 4.78 is 0. The van der Waals surface area contributed by atoms with E-state index in [1.165, 1.54) is 10.9 Å². The Morgan fingerprint density at radius 3 is 2.87 bits per heavy atom. The van der Waals surface area contributed by atoms with E-state index < -0.39 is 0 Å². The summed E-state index contributed by atoms with van der Waals surface area (Å²) in [6.07, 6.45) is 8.35. The number of hydrogen-bond acceptors (Lipinski definition) is 1. The number of allylic oxidation sites excluding steroid dienone is 2. The summed E-state index contributed by atoms with van der Waals surface area (Å²) in [6, 6.07) is 10.5. The molecule has 2 nitrogen and oxygen atoms in total. The van der Waals surface area contributed by atoms with Crippen LogP contribution in [0.15, 0.2) is 54.8 Å². The first kappa shape index (κ1) is 8.36. The topological polar surface area (TPSA) is 19.0 Å². The minimum absolute atomic E-state index is 0.934. The number of aromatic nitrogens is 1. The molecule has 1 aliphatic heterocycles. The van der Waals surface area contributed by atoms with Crippen LogP contribution >= 0.6 is 0 Å². The minimum Gasteiger partial charge on any atom is -0.341 e. The highest BCUT2D eigenvalue weighted by Gasteiger charge is 2.06. The van der Waals surface area contributed by atoms with Crippen molar-refractivity contribution in [3.63, 3.8) is 0 Å². The van der Waals surface area contributed by atoms with Crippen LogP contribution < -0.4 is 4.90 Å². The zero-order valence-electron chi connectivity index (χ0n) is 8.35. The van der Waals surface area contributed by atoms with E-state index in [9.17, 15) is 0 Å². The van der Waals surface area contributed by atoms with Crippen LogP contribution in [0, 0.1) is 0 Å². The predicted molar refractivity (Wildman–Crippen MR) is 63.9 cm³/mol. The van der Waals surface area contributed by atoms with Crippen LogP contribution in [0.3, 0.4) is 0 Å². The zero-order valence-corrected chi connectivity index (χ0v) is 8.35. The summed E-state index contributed by atoms with van der Waals surface area (Å²) in [4.78, 5) is 5.60. The summed E-state index contributed by atoms with van der Waals surface area (Å²) in [5.74, 6) is 1.15. The van der Waals surface area contributed by atoms with Crippen molar-refractivity contribution in [3.8, 4) is 0 Å². The quantitative estimate of drug-likeness (QED) is 0.742. The van der Waals surface area contributed by atoms with E-state index >= 15 is 0 Å². The summed E-state index contributed by atoms with van der Waals surface area (Å²) in [5.41, 5.74) is 1.19. The van der Waals surface area contributed by atoms with Crippen LogP contribution in [0.25, 0.3) is 10.9 Å². The van der Waals surface area contributed by atoms with Crippen molar-refractivity contribution in [3.05, 3.63) is 54.8 Å². The molecule has 0 saturated carbocycles. The third-order valence-corrected chi connectivity index (χ3v) is 2.64. The smallest absolute Gasteiger partial charge is 0.111 e. The van der Waals surface area contributed by atoms with Gasteiger partial charge in [-0.1, -0.05) is 30.4 Å². The van der Waals surface area contributed by atoms with Crippen molar-refractivity contribution in [2.24, 2.45) is 0 Å². The number of anilines is 1. The largest absolute Gasteiger partial charge is 0.341 e. The van der Waals surface area contributed by atoms with E-state index in [1.807, 2.05) is 0 Å². The molecule has 1 aromatic carbocycles. The van der Waals surface area contributed by atoms with Gasteiger partial charge >= 0.3 is 0 Å². The lowest BCUT2D eigenvalue weighted by Crippen LogP contribution is -2.17. The molecule has 1 aliphatic rings. The molecule has 0 bridgehead atoms. The fraction of sp³-hybridized carbons (Fsp3) is 0.0769. The number of para-hydroxylation sites is 1. The van der Waals surface area contributed by atoms with Gasteiger partial charge in [-0.15, -0.1) is 0 Å². The van der Waals surface area contributed by atoms with E-state index in [4.69, 9.17) is 0 Å². The van der Waals surface area contributed by atoms with E-state index in [1.54, 1.807) is 0 Å². The maximum atomic E-state index is 3.41. The second kappa shape index (κ2) is 3.31. The molecular formula is C13H12N2. The van der Waals surface area contributed by atoms with Crippen molar-refractivity contribution in [2.45, 2.75) is 0 Å². The van der Waals surface area contributed by atoms with Gasteiger partial charge in [0.15, 0.2) is 0 Å². The van der Waals surface area contributed by atoms with Gasteiger partial charge in [-0.3, -0.25) is 0 Å². The Morgan fingerprint density at radius 2 is 2.07 bits per heavy atom. The van der Waals surface area contributed by atoms with Gasteiger partial charge in [-0.2, -0.15) is 0 Å². The first-order valence-electron chi connectivity index (χ1n) is 5.11. The number of hydrogen-bond donors (Lipinski definition) is 1. The van der Waals surface area contributed by atoms with Crippen LogP contribution in [0.1, 0.15) is 0 Å². The van der Waals surface area contributed by atoms with E-state index in [2.05, 4.69) is 64.6 Å². The molecule has 0 unspecified atom stereocenters. The Bertz CT molecular complexity index is 501. The second-order valence-electron chi connectivity index (χ2n) is 3.66. The van der Waals surface area contributed by atoms with E-state index in [0.717, 1.165) is 12.4 Å². The summed E-state index contributed by atoms with van der Waals surface area (Å²) in [7, 11) is 0. The van der Waals surface area contributed by atoms with Gasteiger partial charge in [0.25, 0.3) is 0 Å². The van der Waals surface area contributed by atoms with Crippen LogP contribution in [-0.4, -0.2) is 11.5 Å². The number of aromatic amines is 1. The van der Waals surface area contributed by atoms with Crippen LogP contribution in [0.2, 0.25) is 0 Å². The molecule has 2 heteroatoms. The zero-order chi connectivity index (χ0) is 10.1. The SMILES string of the molecule is C1=CCN(c2cc3ccccc3[nH]2)C=C1. The molecular weight excluding hydrogens is 184 g/mol. The van der Waals surface area contributed by atoms with Gasteiger partial charge in [0.2, 0.25) is 0 Å². The Hall–Kier alpha value is -1.96. The Labute approximate surface area is 88.5 Å². The fourth-order valence-electron chi connectivity index (χ4n) is 1.86. The minimum atomic E-state index is 0.934. The number of nitrogens with zero attached hydrogens (tertiary/aromatic N) is 1. The number of H-pyrrole nitrogens is 1. The lowest BCUT2D eigenvalue weighted by atomic mass is 10.2. The van der Waals surface area contributed by atoms with Crippen LogP contribution in [-0.2, 0) is 0 Å². The average molecular weight is 196 g/mol. The Morgan fingerprint density at radius 1 is 1.13 bits per heavy atom. The van der Waals surface area contributed by atoms with Gasteiger partial charge in [0.1, 0.15) is 5.82 Å². The number of rotatable bonds is 1. The summed E-state index contributed by atoms with van der Waals surface area (Å²) in [5, 5.41) is 1.26. The monoisotopic (exact) mass is 196 g/mol. The normalized spacial score (nSPS) is 15.1. The maximum absolute atomic E-state index is 3.41. The van der Waals surface area contributed by atoms with Gasteiger partial charge < -0.3 is 9.88 Å². The Balaban J connectivity index is 2.04. The molecule has 0 amide bonds. The molecule has 0 atom stereocenters. The standard InChI is InChI=1S/C13H12N2/c1-4-8-15(9-5-1)13-10-11-6-2-3-7-12(11)14-13/h1-8,10,14H,9H2. The fourth-order valence-corrected chi connectivity index (χ4v) is 1.86. The summed E-state index contributed by atoms with van der Waals surface area (Å²) in [6.45, 7) is 0.934. The van der Waals surface area contributed by atoms with Crippen LogP contribution in [0.5, 0.6) is 0 Å². The van der Waals surface area contributed by atoms with Gasteiger partial charge in [0.05, 0.1) is 0 Å². The average Bonchev–Trinajstić information content (AvgIpc) is 2.74. The lowest BCUT2D eigenvalue weighted by molar-refractivity contribution is 1.05. The molecule has 0 radical (unpaired) electrons. The van der Waals surface area contributed by atoms with Gasteiger partial charge in [-0.05, 0) is 18.2 Å². The molecule has 0 saturated heterocycles. The number of fused-ring (bicyclic) bond motifs is 1. The molecule has 74 valence electrons. The highest BCUT2D eigenvalue weighted by atomic mass is 15.2. The van der Waals surface area contributed by atoms with Gasteiger partial charge in [0, 0.05) is 23.6 Å². The highest BCUT2D eigenvalue weighted by molar-refractivity contribution is 5.84. The third-order valence-electron chi connectivity index (χ3n) is 2.64. The van der Waals surface area contributed by atoms with Gasteiger partial charge in [-0.25, -0.2) is 0 Å².